The summed E-state index contributed by atoms with van der Waals surface area (Å²) in [4.78, 5) is 30.4. The molecule has 5 rings (SSSR count). The van der Waals surface area contributed by atoms with E-state index >= 15 is 0 Å². The first-order valence-electron chi connectivity index (χ1n) is 9.93. The normalized spacial score (nSPS) is 15.4. The molecular weight excluding hydrogens is 370 g/mol. The van der Waals surface area contributed by atoms with Crippen LogP contribution in [-0.4, -0.2) is 22.3 Å². The number of nitrogens with zero attached hydrogens (tertiary/aromatic N) is 2. The molecule has 0 saturated heterocycles. The van der Waals surface area contributed by atoms with Crippen LogP contribution in [0.1, 0.15) is 41.9 Å². The second-order valence-electron chi connectivity index (χ2n) is 7.40. The summed E-state index contributed by atoms with van der Waals surface area (Å²) in [7, 11) is 0. The van der Waals surface area contributed by atoms with Crippen molar-refractivity contribution in [1.29, 1.82) is 0 Å². The molecule has 0 atom stereocenters. The minimum absolute atomic E-state index is 0.0189. The summed E-state index contributed by atoms with van der Waals surface area (Å²) >= 11 is 0. The molecule has 0 fully saturated rings. The Hall–Kier alpha value is -3.35. The highest BCUT2D eigenvalue weighted by atomic mass is 16.7. The highest BCUT2D eigenvalue weighted by molar-refractivity contribution is 6.06. The minimum Gasteiger partial charge on any atom is -0.454 e. The number of amides is 1. The lowest BCUT2D eigenvalue weighted by Crippen LogP contribution is -2.26. The Bertz CT molecular complexity index is 1170. The Morgan fingerprint density at radius 3 is 2.79 bits per heavy atom. The third-order valence-electron chi connectivity index (χ3n) is 5.46. The van der Waals surface area contributed by atoms with Crippen LogP contribution in [0.15, 0.2) is 41.2 Å². The van der Waals surface area contributed by atoms with Gasteiger partial charge in [-0.15, -0.1) is 0 Å². The van der Waals surface area contributed by atoms with Crippen LogP contribution < -0.4 is 20.3 Å². The second kappa shape index (κ2) is 7.24. The van der Waals surface area contributed by atoms with Crippen molar-refractivity contribution in [1.82, 2.24) is 9.55 Å². The molecule has 1 aromatic heterocycles. The van der Waals surface area contributed by atoms with E-state index in [1.165, 1.54) is 0 Å². The van der Waals surface area contributed by atoms with E-state index in [4.69, 9.17) is 14.5 Å². The number of rotatable bonds is 2. The summed E-state index contributed by atoms with van der Waals surface area (Å²) in [5, 5.41) is 3.41. The number of carbonyl (C=O) groups excluding carboxylic acids is 1. The first-order valence-corrected chi connectivity index (χ1v) is 9.93. The zero-order valence-corrected chi connectivity index (χ0v) is 15.9. The van der Waals surface area contributed by atoms with E-state index in [1.54, 1.807) is 41.0 Å². The van der Waals surface area contributed by atoms with Gasteiger partial charge in [-0.25, -0.2) is 4.98 Å². The highest BCUT2D eigenvalue weighted by Gasteiger charge is 2.17. The average Bonchev–Trinajstić information content (AvgIpc) is 3.17. The van der Waals surface area contributed by atoms with E-state index in [0.29, 0.717) is 40.2 Å². The van der Waals surface area contributed by atoms with Crippen LogP contribution in [0.25, 0.3) is 10.9 Å². The van der Waals surface area contributed by atoms with Gasteiger partial charge in [-0.2, -0.15) is 0 Å². The number of anilines is 1. The standard InChI is InChI=1S/C22H21N3O4/c26-21(23-15-7-9-18-19(12-15)29-13-28-18)14-6-8-16-17(11-14)24-20-5-3-1-2-4-10-25(20)22(16)27/h6-9,11-12H,1-5,10,13H2,(H,23,26). The molecule has 2 aromatic carbocycles. The molecule has 0 aliphatic carbocycles. The number of aromatic nitrogens is 2. The lowest BCUT2D eigenvalue weighted by molar-refractivity contribution is 0.102. The minimum atomic E-state index is -0.264. The molecule has 148 valence electrons. The summed E-state index contributed by atoms with van der Waals surface area (Å²) in [6.45, 7) is 0.895. The number of nitrogens with one attached hydrogen (secondary N) is 1. The van der Waals surface area contributed by atoms with Gasteiger partial charge in [-0.3, -0.25) is 14.2 Å². The second-order valence-corrected chi connectivity index (χ2v) is 7.40. The van der Waals surface area contributed by atoms with E-state index in [2.05, 4.69) is 5.32 Å². The van der Waals surface area contributed by atoms with E-state index in [1.807, 2.05) is 0 Å². The quantitative estimate of drug-likeness (QED) is 0.723. The van der Waals surface area contributed by atoms with Crippen LogP contribution in [0.2, 0.25) is 0 Å². The number of ether oxygens (including phenoxy) is 2. The Balaban J connectivity index is 1.46. The molecule has 3 heterocycles. The van der Waals surface area contributed by atoms with Crippen LogP contribution in [-0.2, 0) is 13.0 Å². The van der Waals surface area contributed by atoms with Gasteiger partial charge in [0, 0.05) is 30.3 Å². The molecule has 1 amide bonds. The number of hydrogen-bond acceptors (Lipinski definition) is 5. The Morgan fingerprint density at radius 1 is 1.00 bits per heavy atom. The van der Waals surface area contributed by atoms with Gasteiger partial charge in [-0.05, 0) is 43.2 Å². The summed E-state index contributed by atoms with van der Waals surface area (Å²) in [6, 6.07) is 10.3. The van der Waals surface area contributed by atoms with Gasteiger partial charge in [0.25, 0.3) is 11.5 Å². The molecule has 0 radical (unpaired) electrons. The summed E-state index contributed by atoms with van der Waals surface area (Å²) in [6.07, 6.45) is 5.12. The SMILES string of the molecule is O=C(Nc1ccc2c(c1)OCO2)c1ccc2c(=O)n3c(nc2c1)CCCCCC3. The molecule has 0 spiro atoms. The zero-order chi connectivity index (χ0) is 19.8. The molecule has 1 N–H and O–H groups in total. The molecule has 0 bridgehead atoms. The van der Waals surface area contributed by atoms with Gasteiger partial charge < -0.3 is 14.8 Å². The van der Waals surface area contributed by atoms with E-state index in [9.17, 15) is 9.59 Å². The number of carbonyl (C=O) groups is 1. The maximum atomic E-state index is 12.9. The van der Waals surface area contributed by atoms with Crippen molar-refractivity contribution in [3.8, 4) is 11.5 Å². The average molecular weight is 391 g/mol. The molecule has 0 saturated carbocycles. The van der Waals surface area contributed by atoms with Crippen molar-refractivity contribution in [3.63, 3.8) is 0 Å². The largest absolute Gasteiger partial charge is 0.454 e. The molecule has 29 heavy (non-hydrogen) atoms. The molecular formula is C22H21N3O4. The topological polar surface area (TPSA) is 82.5 Å². The molecule has 0 unspecified atom stereocenters. The lowest BCUT2D eigenvalue weighted by atomic mass is 10.1. The predicted molar refractivity (Wildman–Crippen MR) is 109 cm³/mol. The van der Waals surface area contributed by atoms with Crippen LogP contribution in [0, 0.1) is 0 Å². The number of aryl methyl sites for hydroxylation is 1. The third-order valence-corrected chi connectivity index (χ3v) is 5.46. The van der Waals surface area contributed by atoms with Crippen molar-refractivity contribution >= 4 is 22.5 Å². The predicted octanol–water partition coefficient (Wildman–Crippen LogP) is 3.49. The number of hydrogen-bond donors (Lipinski definition) is 1. The summed E-state index contributed by atoms with van der Waals surface area (Å²) in [5.41, 5.74) is 1.62. The van der Waals surface area contributed by atoms with Gasteiger partial charge in [-0.1, -0.05) is 12.8 Å². The fourth-order valence-electron chi connectivity index (χ4n) is 3.91. The smallest absolute Gasteiger partial charge is 0.261 e. The highest BCUT2D eigenvalue weighted by Crippen LogP contribution is 2.34. The van der Waals surface area contributed by atoms with Crippen molar-refractivity contribution in [3.05, 3.63) is 58.1 Å². The van der Waals surface area contributed by atoms with Crippen molar-refractivity contribution < 1.29 is 14.3 Å². The van der Waals surface area contributed by atoms with Crippen LogP contribution >= 0.6 is 0 Å². The monoisotopic (exact) mass is 391 g/mol. The van der Waals surface area contributed by atoms with Crippen LogP contribution in [0.4, 0.5) is 5.69 Å². The van der Waals surface area contributed by atoms with Crippen LogP contribution in [0.5, 0.6) is 11.5 Å². The van der Waals surface area contributed by atoms with Crippen molar-refractivity contribution in [2.75, 3.05) is 12.1 Å². The third kappa shape index (κ3) is 3.33. The fraction of sp³-hybridized carbons (Fsp3) is 0.318. The van der Waals surface area contributed by atoms with Gasteiger partial charge in [0.05, 0.1) is 10.9 Å². The molecule has 2 aliphatic rings. The first-order chi connectivity index (χ1) is 14.2. The molecule has 3 aromatic rings. The number of benzene rings is 2. The maximum Gasteiger partial charge on any atom is 0.261 e. The Morgan fingerprint density at radius 2 is 1.86 bits per heavy atom. The van der Waals surface area contributed by atoms with E-state index < -0.39 is 0 Å². The molecule has 2 aliphatic heterocycles. The van der Waals surface area contributed by atoms with E-state index in [-0.39, 0.29) is 18.3 Å². The molecule has 7 heteroatoms. The molecule has 7 nitrogen and oxygen atoms in total. The first kappa shape index (κ1) is 17.7. The van der Waals surface area contributed by atoms with Gasteiger partial charge in [0.15, 0.2) is 11.5 Å². The van der Waals surface area contributed by atoms with Crippen molar-refractivity contribution in [2.24, 2.45) is 0 Å². The van der Waals surface area contributed by atoms with Gasteiger partial charge >= 0.3 is 0 Å². The van der Waals surface area contributed by atoms with Crippen LogP contribution in [0.3, 0.4) is 0 Å². The number of fused-ring (bicyclic) bond motifs is 3. The fourth-order valence-corrected chi connectivity index (χ4v) is 3.91. The Kier molecular flexibility index (Phi) is 4.42. The zero-order valence-electron chi connectivity index (χ0n) is 15.9. The lowest BCUT2D eigenvalue weighted by Gasteiger charge is -2.16. The van der Waals surface area contributed by atoms with Gasteiger partial charge in [0.1, 0.15) is 5.82 Å². The maximum absolute atomic E-state index is 12.9. The van der Waals surface area contributed by atoms with E-state index in [0.717, 1.165) is 37.9 Å². The summed E-state index contributed by atoms with van der Waals surface area (Å²) < 4.78 is 12.4. The van der Waals surface area contributed by atoms with Gasteiger partial charge in [0.2, 0.25) is 6.79 Å². The Labute approximate surface area is 167 Å². The summed E-state index contributed by atoms with van der Waals surface area (Å²) in [5.74, 6) is 1.82. The van der Waals surface area contributed by atoms with Crippen molar-refractivity contribution in [2.45, 2.75) is 38.6 Å².